The van der Waals surface area contributed by atoms with Crippen molar-refractivity contribution in [1.82, 2.24) is 10.3 Å². The van der Waals surface area contributed by atoms with Crippen molar-refractivity contribution >= 4 is 0 Å². The molecule has 0 aliphatic rings. The molecule has 1 aromatic rings. The van der Waals surface area contributed by atoms with E-state index in [0.29, 0.717) is 6.61 Å². The van der Waals surface area contributed by atoms with Crippen molar-refractivity contribution < 1.29 is 4.74 Å². The van der Waals surface area contributed by atoms with Gasteiger partial charge in [0.25, 0.3) is 0 Å². The zero-order valence-electron chi connectivity index (χ0n) is 14.1. The van der Waals surface area contributed by atoms with Crippen LogP contribution >= 0.6 is 0 Å². The quantitative estimate of drug-likeness (QED) is 0.542. The second kappa shape index (κ2) is 8.37. The van der Waals surface area contributed by atoms with Gasteiger partial charge in [0.1, 0.15) is 5.75 Å². The Morgan fingerprint density at radius 1 is 1.14 bits per heavy atom. The first-order valence-corrected chi connectivity index (χ1v) is 8.01. The molecular formula is C17H31N3O. The van der Waals surface area contributed by atoms with Crippen LogP contribution in [-0.2, 0) is 0 Å². The van der Waals surface area contributed by atoms with Crippen molar-refractivity contribution in [3.63, 3.8) is 0 Å². The number of likely N-dealkylation sites (N-methyl/N-ethyl adjacent to an activating group) is 1. The van der Waals surface area contributed by atoms with Crippen LogP contribution in [0, 0.1) is 0 Å². The summed E-state index contributed by atoms with van der Waals surface area (Å²) < 4.78 is 5.51. The van der Waals surface area contributed by atoms with E-state index in [9.17, 15) is 0 Å². The molecule has 0 aliphatic heterocycles. The first-order chi connectivity index (χ1) is 10.1. The maximum Gasteiger partial charge on any atom is 0.119 e. The maximum absolute atomic E-state index is 5.90. The van der Waals surface area contributed by atoms with Crippen LogP contribution in [-0.4, -0.2) is 30.1 Å². The first-order valence-electron chi connectivity index (χ1n) is 8.01. The summed E-state index contributed by atoms with van der Waals surface area (Å²) >= 11 is 0. The van der Waals surface area contributed by atoms with Crippen molar-refractivity contribution in [1.29, 1.82) is 0 Å². The van der Waals surface area contributed by atoms with Gasteiger partial charge in [0, 0.05) is 5.54 Å². The Bertz CT molecular complexity index is 403. The third kappa shape index (κ3) is 3.96. The van der Waals surface area contributed by atoms with Crippen LogP contribution < -0.4 is 16.0 Å². The van der Waals surface area contributed by atoms with E-state index in [4.69, 9.17) is 10.6 Å². The molecule has 1 rings (SSSR count). The Labute approximate surface area is 129 Å². The van der Waals surface area contributed by atoms with Gasteiger partial charge in [-0.25, -0.2) is 0 Å². The van der Waals surface area contributed by atoms with Crippen LogP contribution in [0.25, 0.3) is 0 Å². The van der Waals surface area contributed by atoms with Gasteiger partial charge in [-0.3, -0.25) is 16.2 Å². The summed E-state index contributed by atoms with van der Waals surface area (Å²) in [4.78, 5) is 2.47. The zero-order chi connectivity index (χ0) is 15.9. The van der Waals surface area contributed by atoms with Crippen molar-refractivity contribution in [2.24, 2.45) is 5.84 Å². The van der Waals surface area contributed by atoms with Gasteiger partial charge in [0.2, 0.25) is 0 Å². The lowest BCUT2D eigenvalue weighted by Crippen LogP contribution is -2.55. The first kappa shape index (κ1) is 18.0. The average molecular weight is 293 g/mol. The molecule has 3 N–H and O–H groups in total. The van der Waals surface area contributed by atoms with E-state index in [1.165, 1.54) is 5.56 Å². The van der Waals surface area contributed by atoms with Gasteiger partial charge in [-0.05, 0) is 51.1 Å². The van der Waals surface area contributed by atoms with Gasteiger partial charge in [0.15, 0.2) is 0 Å². The molecule has 2 unspecified atom stereocenters. The van der Waals surface area contributed by atoms with Crippen LogP contribution in [0.15, 0.2) is 24.3 Å². The average Bonchev–Trinajstić information content (AvgIpc) is 2.51. The molecule has 0 saturated heterocycles. The molecule has 120 valence electrons. The summed E-state index contributed by atoms with van der Waals surface area (Å²) in [6, 6.07) is 8.32. The van der Waals surface area contributed by atoms with Crippen LogP contribution in [0.2, 0.25) is 0 Å². The lowest BCUT2D eigenvalue weighted by molar-refractivity contribution is 0.0698. The second-order valence-corrected chi connectivity index (χ2v) is 5.48. The smallest absolute Gasteiger partial charge is 0.119 e. The summed E-state index contributed by atoms with van der Waals surface area (Å²) in [6.45, 7) is 13.6. The number of nitrogens with two attached hydrogens (primary N) is 1. The molecular weight excluding hydrogens is 262 g/mol. The Hall–Kier alpha value is -1.10. The minimum Gasteiger partial charge on any atom is -0.494 e. The monoisotopic (exact) mass is 293 g/mol. The largest absolute Gasteiger partial charge is 0.494 e. The van der Waals surface area contributed by atoms with Gasteiger partial charge in [-0.2, -0.15) is 0 Å². The predicted molar refractivity (Wildman–Crippen MR) is 89.3 cm³/mol. The molecule has 0 saturated carbocycles. The Balaban J connectivity index is 3.08. The predicted octanol–water partition coefficient (Wildman–Crippen LogP) is 3.10. The highest BCUT2D eigenvalue weighted by Gasteiger charge is 2.37. The highest BCUT2D eigenvalue weighted by molar-refractivity contribution is 5.31. The Kier molecular flexibility index (Phi) is 7.15. The van der Waals surface area contributed by atoms with E-state index in [0.717, 1.165) is 25.3 Å². The Morgan fingerprint density at radius 3 is 2.10 bits per heavy atom. The van der Waals surface area contributed by atoms with E-state index >= 15 is 0 Å². The fourth-order valence-electron chi connectivity index (χ4n) is 3.11. The standard InChI is InChI=1S/C17H31N3O/c1-6-17(5,20(7-2)8-3)16(19-18)14-10-12-15(13-11-14)21-9-4/h10-13,16,19H,6-9,18H2,1-5H3. The molecule has 4 heteroatoms. The van der Waals surface area contributed by atoms with E-state index in [-0.39, 0.29) is 11.6 Å². The molecule has 0 spiro atoms. The van der Waals surface area contributed by atoms with E-state index in [2.05, 4.69) is 50.2 Å². The third-order valence-corrected chi connectivity index (χ3v) is 4.51. The fraction of sp³-hybridized carbons (Fsp3) is 0.647. The zero-order valence-corrected chi connectivity index (χ0v) is 14.1. The lowest BCUT2D eigenvalue weighted by atomic mass is 9.83. The van der Waals surface area contributed by atoms with Gasteiger partial charge >= 0.3 is 0 Å². The van der Waals surface area contributed by atoms with Crippen molar-refractivity contribution in [2.45, 2.75) is 52.6 Å². The highest BCUT2D eigenvalue weighted by Crippen LogP contribution is 2.34. The van der Waals surface area contributed by atoms with E-state index in [1.54, 1.807) is 0 Å². The number of benzene rings is 1. The molecule has 0 bridgehead atoms. The van der Waals surface area contributed by atoms with Crippen molar-refractivity contribution in [3.05, 3.63) is 29.8 Å². The maximum atomic E-state index is 5.90. The van der Waals surface area contributed by atoms with E-state index < -0.39 is 0 Å². The second-order valence-electron chi connectivity index (χ2n) is 5.48. The van der Waals surface area contributed by atoms with Crippen molar-refractivity contribution in [2.75, 3.05) is 19.7 Å². The lowest BCUT2D eigenvalue weighted by Gasteiger charge is -2.45. The number of hydrazine groups is 1. The Morgan fingerprint density at radius 2 is 1.71 bits per heavy atom. The molecule has 0 aliphatic carbocycles. The summed E-state index contributed by atoms with van der Waals surface area (Å²) in [5.41, 5.74) is 4.20. The summed E-state index contributed by atoms with van der Waals surface area (Å²) in [6.07, 6.45) is 1.02. The number of nitrogens with zero attached hydrogens (tertiary/aromatic N) is 1. The van der Waals surface area contributed by atoms with Crippen LogP contribution in [0.3, 0.4) is 0 Å². The summed E-state index contributed by atoms with van der Waals surface area (Å²) in [5.74, 6) is 6.80. The number of hydrogen-bond donors (Lipinski definition) is 2. The molecule has 0 radical (unpaired) electrons. The number of rotatable bonds is 9. The van der Waals surface area contributed by atoms with Crippen LogP contribution in [0.4, 0.5) is 0 Å². The summed E-state index contributed by atoms with van der Waals surface area (Å²) in [5, 5.41) is 0. The molecule has 0 aromatic heterocycles. The minimum absolute atomic E-state index is 0.0224. The third-order valence-electron chi connectivity index (χ3n) is 4.51. The number of hydrogen-bond acceptors (Lipinski definition) is 4. The molecule has 21 heavy (non-hydrogen) atoms. The highest BCUT2D eigenvalue weighted by atomic mass is 16.5. The minimum atomic E-state index is -0.0224. The molecule has 0 amide bonds. The molecule has 4 nitrogen and oxygen atoms in total. The molecule has 1 aromatic carbocycles. The number of ether oxygens (including phenoxy) is 1. The topological polar surface area (TPSA) is 50.5 Å². The molecule has 0 fully saturated rings. The number of nitrogens with one attached hydrogen (secondary N) is 1. The van der Waals surface area contributed by atoms with Crippen LogP contribution in [0.5, 0.6) is 5.75 Å². The summed E-state index contributed by atoms with van der Waals surface area (Å²) in [7, 11) is 0. The van der Waals surface area contributed by atoms with E-state index in [1.807, 2.05) is 19.1 Å². The normalized spacial score (nSPS) is 15.8. The van der Waals surface area contributed by atoms with Gasteiger partial charge in [-0.1, -0.05) is 32.9 Å². The SMILES string of the molecule is CCOc1ccc(C(NN)C(C)(CC)N(CC)CC)cc1. The van der Waals surface area contributed by atoms with Gasteiger partial charge < -0.3 is 4.74 Å². The van der Waals surface area contributed by atoms with Gasteiger partial charge in [-0.15, -0.1) is 0 Å². The molecule has 2 atom stereocenters. The van der Waals surface area contributed by atoms with Crippen LogP contribution in [0.1, 0.15) is 52.6 Å². The molecule has 0 heterocycles. The fourth-order valence-corrected chi connectivity index (χ4v) is 3.11. The van der Waals surface area contributed by atoms with Crippen molar-refractivity contribution in [3.8, 4) is 5.75 Å². The van der Waals surface area contributed by atoms with Gasteiger partial charge in [0.05, 0.1) is 12.6 Å².